The van der Waals surface area contributed by atoms with Crippen molar-refractivity contribution in [3.8, 4) is 16.9 Å². The van der Waals surface area contributed by atoms with Gasteiger partial charge in [-0.25, -0.2) is 0 Å². The molecule has 1 saturated heterocycles. The first-order chi connectivity index (χ1) is 14.7. The van der Waals surface area contributed by atoms with Gasteiger partial charge in [0, 0.05) is 12.6 Å². The van der Waals surface area contributed by atoms with Crippen molar-refractivity contribution in [1.82, 2.24) is 5.32 Å². The van der Waals surface area contributed by atoms with Crippen molar-refractivity contribution in [2.24, 2.45) is 0 Å². The Bertz CT molecular complexity index is 930. The molecule has 5 atom stereocenters. The van der Waals surface area contributed by atoms with Crippen molar-refractivity contribution in [1.29, 1.82) is 0 Å². The Balaban J connectivity index is 1.89. The van der Waals surface area contributed by atoms with Crippen molar-refractivity contribution >= 4 is 5.91 Å². The molecular formula is C23H29NO7. The largest absolute Gasteiger partial charge is 0.461 e. The zero-order valence-electron chi connectivity index (χ0n) is 17.8. The van der Waals surface area contributed by atoms with E-state index in [4.69, 9.17) is 9.47 Å². The summed E-state index contributed by atoms with van der Waals surface area (Å²) >= 11 is 0. The number of hydrogen-bond acceptors (Lipinski definition) is 7. The van der Waals surface area contributed by atoms with E-state index in [9.17, 15) is 25.2 Å². The van der Waals surface area contributed by atoms with E-state index in [1.165, 1.54) is 6.92 Å². The second kappa shape index (κ2) is 9.33. The SMILES string of the molecule is CCc1cc(-c2cccc(C(=O)NC)c2)ccc1O[C@H]1O[C@H](CO)[C@@H](O)[C@H](O)[C@@]1(C)O. The normalized spacial score (nSPS) is 28.2. The molecule has 1 fully saturated rings. The van der Waals surface area contributed by atoms with Gasteiger partial charge < -0.3 is 35.2 Å². The summed E-state index contributed by atoms with van der Waals surface area (Å²) in [6.45, 7) is 2.72. The maximum atomic E-state index is 11.9. The summed E-state index contributed by atoms with van der Waals surface area (Å²) in [6, 6.07) is 12.7. The van der Waals surface area contributed by atoms with E-state index in [0.29, 0.717) is 17.7 Å². The first-order valence-corrected chi connectivity index (χ1v) is 10.2. The molecule has 0 aromatic heterocycles. The molecule has 3 rings (SSSR count). The van der Waals surface area contributed by atoms with E-state index in [0.717, 1.165) is 16.7 Å². The Hall–Kier alpha value is -2.49. The minimum atomic E-state index is -1.89. The van der Waals surface area contributed by atoms with Crippen LogP contribution in [0.15, 0.2) is 42.5 Å². The summed E-state index contributed by atoms with van der Waals surface area (Å²) in [4.78, 5) is 11.9. The van der Waals surface area contributed by atoms with Crippen LogP contribution in [0, 0.1) is 0 Å². The molecule has 0 bridgehead atoms. The Morgan fingerprint density at radius 1 is 1.19 bits per heavy atom. The van der Waals surface area contributed by atoms with E-state index >= 15 is 0 Å². The van der Waals surface area contributed by atoms with Gasteiger partial charge in [0.1, 0.15) is 24.1 Å². The van der Waals surface area contributed by atoms with E-state index in [1.54, 1.807) is 25.2 Å². The van der Waals surface area contributed by atoms with Crippen LogP contribution in [-0.4, -0.2) is 70.2 Å². The summed E-state index contributed by atoms with van der Waals surface area (Å²) in [5.41, 5.74) is 1.23. The van der Waals surface area contributed by atoms with Crippen LogP contribution in [0.3, 0.4) is 0 Å². The quantitative estimate of drug-likeness (QED) is 0.459. The Morgan fingerprint density at radius 2 is 1.90 bits per heavy atom. The predicted octanol–water partition coefficient (Wildman–Crippen LogP) is 0.844. The molecular weight excluding hydrogens is 402 g/mol. The fourth-order valence-electron chi connectivity index (χ4n) is 3.61. The van der Waals surface area contributed by atoms with Gasteiger partial charge in [0.15, 0.2) is 5.60 Å². The van der Waals surface area contributed by atoms with Gasteiger partial charge in [0.05, 0.1) is 6.61 Å². The van der Waals surface area contributed by atoms with Gasteiger partial charge in [-0.2, -0.15) is 0 Å². The molecule has 2 aromatic carbocycles. The molecule has 5 N–H and O–H groups in total. The highest BCUT2D eigenvalue weighted by atomic mass is 16.7. The Labute approximate surface area is 181 Å². The average molecular weight is 431 g/mol. The number of aryl methyl sites for hydroxylation is 1. The third kappa shape index (κ3) is 4.58. The van der Waals surface area contributed by atoms with Crippen LogP contribution >= 0.6 is 0 Å². The monoisotopic (exact) mass is 431 g/mol. The predicted molar refractivity (Wildman–Crippen MR) is 114 cm³/mol. The molecule has 1 amide bonds. The molecule has 0 aliphatic carbocycles. The van der Waals surface area contributed by atoms with Crippen molar-refractivity contribution in [3.05, 3.63) is 53.6 Å². The van der Waals surface area contributed by atoms with Gasteiger partial charge in [-0.05, 0) is 54.3 Å². The second-order valence-electron chi connectivity index (χ2n) is 7.80. The highest BCUT2D eigenvalue weighted by Crippen LogP contribution is 2.34. The van der Waals surface area contributed by atoms with E-state index < -0.39 is 36.8 Å². The zero-order chi connectivity index (χ0) is 22.8. The molecule has 8 nitrogen and oxygen atoms in total. The summed E-state index contributed by atoms with van der Waals surface area (Å²) in [5, 5.41) is 43.0. The smallest absolute Gasteiger partial charge is 0.251 e. The first-order valence-electron chi connectivity index (χ1n) is 10.2. The minimum Gasteiger partial charge on any atom is -0.461 e. The molecule has 1 heterocycles. The number of carbonyl (C=O) groups excluding carboxylic acids is 1. The lowest BCUT2D eigenvalue weighted by Gasteiger charge is -2.45. The van der Waals surface area contributed by atoms with Crippen LogP contribution in [0.5, 0.6) is 5.75 Å². The molecule has 168 valence electrons. The van der Waals surface area contributed by atoms with Gasteiger partial charge in [-0.3, -0.25) is 4.79 Å². The van der Waals surface area contributed by atoms with Crippen LogP contribution < -0.4 is 10.1 Å². The van der Waals surface area contributed by atoms with Crippen LogP contribution in [0.1, 0.15) is 29.8 Å². The Kier molecular flexibility index (Phi) is 6.98. The standard InChI is InChI=1S/C23H29NO7/c1-4-13-10-15(14-6-5-7-16(11-14)21(28)24-3)8-9-17(13)30-22-23(2,29)20(27)19(26)18(12-25)31-22/h5-11,18-20,22,25-27,29H,4,12H2,1-3H3,(H,24,28)/t18-,19-,20+,22+,23-/m1/s1. The summed E-state index contributed by atoms with van der Waals surface area (Å²) in [7, 11) is 1.58. The zero-order valence-corrected chi connectivity index (χ0v) is 17.8. The van der Waals surface area contributed by atoms with Gasteiger partial charge >= 0.3 is 0 Å². The summed E-state index contributed by atoms with van der Waals surface area (Å²) in [6.07, 6.45) is -4.77. The maximum Gasteiger partial charge on any atom is 0.251 e. The second-order valence-corrected chi connectivity index (χ2v) is 7.80. The van der Waals surface area contributed by atoms with Crippen LogP contribution in [0.4, 0.5) is 0 Å². The van der Waals surface area contributed by atoms with Gasteiger partial charge in [-0.15, -0.1) is 0 Å². The number of benzene rings is 2. The molecule has 31 heavy (non-hydrogen) atoms. The lowest BCUT2D eigenvalue weighted by Crippen LogP contribution is -2.66. The van der Waals surface area contributed by atoms with Crippen molar-refractivity contribution in [3.63, 3.8) is 0 Å². The average Bonchev–Trinajstić information content (AvgIpc) is 2.79. The van der Waals surface area contributed by atoms with E-state index in [-0.39, 0.29) is 5.91 Å². The van der Waals surface area contributed by atoms with Crippen LogP contribution in [-0.2, 0) is 11.2 Å². The lowest BCUT2D eigenvalue weighted by atomic mass is 9.88. The fourth-order valence-corrected chi connectivity index (χ4v) is 3.61. The number of amides is 1. The van der Waals surface area contributed by atoms with Crippen LogP contribution in [0.2, 0.25) is 0 Å². The topological polar surface area (TPSA) is 128 Å². The minimum absolute atomic E-state index is 0.173. The van der Waals surface area contributed by atoms with Crippen molar-refractivity contribution in [2.75, 3.05) is 13.7 Å². The van der Waals surface area contributed by atoms with Gasteiger partial charge in [0.25, 0.3) is 5.91 Å². The number of hydrogen-bond donors (Lipinski definition) is 5. The summed E-state index contributed by atoms with van der Waals surface area (Å²) < 4.78 is 11.4. The first kappa shape index (κ1) is 23.2. The van der Waals surface area contributed by atoms with E-state index in [2.05, 4.69) is 5.32 Å². The molecule has 0 saturated carbocycles. The maximum absolute atomic E-state index is 11.9. The number of carbonyl (C=O) groups is 1. The van der Waals surface area contributed by atoms with Crippen molar-refractivity contribution < 1.29 is 34.7 Å². The highest BCUT2D eigenvalue weighted by molar-refractivity contribution is 5.95. The number of aliphatic hydroxyl groups excluding tert-OH is 3. The Morgan fingerprint density at radius 3 is 2.55 bits per heavy atom. The van der Waals surface area contributed by atoms with Crippen molar-refractivity contribution in [2.45, 2.75) is 50.5 Å². The molecule has 0 radical (unpaired) electrons. The number of nitrogens with one attached hydrogen (secondary N) is 1. The molecule has 1 aliphatic rings. The van der Waals surface area contributed by atoms with Gasteiger partial charge in [-0.1, -0.05) is 25.1 Å². The molecule has 8 heteroatoms. The fraction of sp³-hybridized carbons (Fsp3) is 0.435. The van der Waals surface area contributed by atoms with Crippen LogP contribution in [0.25, 0.3) is 11.1 Å². The third-order valence-corrected chi connectivity index (χ3v) is 5.62. The number of aliphatic hydroxyl groups is 4. The van der Waals surface area contributed by atoms with Gasteiger partial charge in [0.2, 0.25) is 6.29 Å². The lowest BCUT2D eigenvalue weighted by molar-refractivity contribution is -0.315. The van der Waals surface area contributed by atoms with E-state index in [1.807, 2.05) is 31.2 Å². The number of rotatable bonds is 6. The third-order valence-electron chi connectivity index (χ3n) is 5.62. The molecule has 2 aromatic rings. The molecule has 0 unspecified atom stereocenters. The number of ether oxygens (including phenoxy) is 2. The molecule has 0 spiro atoms. The summed E-state index contributed by atoms with van der Waals surface area (Å²) in [5.74, 6) is 0.271. The molecule has 1 aliphatic heterocycles. The highest BCUT2D eigenvalue weighted by Gasteiger charge is 2.53.